The third-order valence-corrected chi connectivity index (χ3v) is 4.93. The van der Waals surface area contributed by atoms with Crippen LogP contribution in [0.4, 0.5) is 5.69 Å². The summed E-state index contributed by atoms with van der Waals surface area (Å²) in [4.78, 5) is 2.49. The second-order valence-electron chi connectivity index (χ2n) is 5.10. The first-order valence-electron chi connectivity index (χ1n) is 6.21. The van der Waals surface area contributed by atoms with Gasteiger partial charge in [0.15, 0.2) is 0 Å². The van der Waals surface area contributed by atoms with E-state index in [1.807, 2.05) is 11.3 Å². The van der Waals surface area contributed by atoms with Crippen molar-refractivity contribution in [3.05, 3.63) is 29.6 Å². The summed E-state index contributed by atoms with van der Waals surface area (Å²) in [6, 6.07) is 9.02. The van der Waals surface area contributed by atoms with Crippen LogP contribution in [0.3, 0.4) is 0 Å². The highest BCUT2D eigenvalue weighted by molar-refractivity contribution is 7.17. The average molecular weight is 245 g/mol. The lowest BCUT2D eigenvalue weighted by atomic mass is 9.97. The lowest BCUT2D eigenvalue weighted by Crippen LogP contribution is -2.37. The minimum atomic E-state index is 0.281. The molecule has 17 heavy (non-hydrogen) atoms. The second kappa shape index (κ2) is 3.47. The molecular weight excluding hydrogens is 230 g/mol. The van der Waals surface area contributed by atoms with Crippen molar-refractivity contribution in [2.75, 3.05) is 24.6 Å². The molecule has 0 radical (unpaired) electrons. The van der Waals surface area contributed by atoms with Gasteiger partial charge in [-0.15, -0.1) is 11.3 Å². The van der Waals surface area contributed by atoms with Crippen molar-refractivity contribution in [1.29, 1.82) is 0 Å². The second-order valence-corrected chi connectivity index (χ2v) is 6.05. The van der Waals surface area contributed by atoms with Crippen molar-refractivity contribution >= 4 is 27.1 Å². The quantitative estimate of drug-likeness (QED) is 0.717. The van der Waals surface area contributed by atoms with Gasteiger partial charge in [-0.05, 0) is 47.9 Å². The van der Waals surface area contributed by atoms with Gasteiger partial charge in [0.25, 0.3) is 0 Å². The third kappa shape index (κ3) is 1.65. The summed E-state index contributed by atoms with van der Waals surface area (Å²) >= 11 is 1.81. The van der Waals surface area contributed by atoms with E-state index in [0.717, 1.165) is 19.7 Å². The molecule has 0 saturated carbocycles. The van der Waals surface area contributed by atoms with Crippen LogP contribution in [-0.2, 0) is 4.74 Å². The van der Waals surface area contributed by atoms with Crippen molar-refractivity contribution in [3.63, 3.8) is 0 Å². The van der Waals surface area contributed by atoms with Gasteiger partial charge in [-0.3, -0.25) is 0 Å². The van der Waals surface area contributed by atoms with Crippen molar-refractivity contribution in [3.8, 4) is 0 Å². The van der Waals surface area contributed by atoms with E-state index in [1.165, 1.54) is 28.6 Å². The number of thiophene rings is 1. The zero-order chi connectivity index (χ0) is 11.3. The van der Waals surface area contributed by atoms with Gasteiger partial charge in [-0.1, -0.05) is 0 Å². The summed E-state index contributed by atoms with van der Waals surface area (Å²) in [6.45, 7) is 3.26. The third-order valence-electron chi connectivity index (χ3n) is 4.03. The van der Waals surface area contributed by atoms with E-state index in [-0.39, 0.29) is 5.60 Å². The van der Waals surface area contributed by atoms with Crippen LogP contribution in [-0.4, -0.2) is 25.3 Å². The monoisotopic (exact) mass is 245 g/mol. The molecule has 2 aliphatic heterocycles. The molecule has 4 rings (SSSR count). The Kier molecular flexibility index (Phi) is 2.02. The molecule has 2 aromatic rings. The summed E-state index contributed by atoms with van der Waals surface area (Å²) in [5.41, 5.74) is 1.65. The Hall–Kier alpha value is -1.06. The number of hydrogen-bond acceptors (Lipinski definition) is 3. The van der Waals surface area contributed by atoms with Crippen molar-refractivity contribution in [2.45, 2.75) is 18.4 Å². The first-order chi connectivity index (χ1) is 8.35. The fraction of sp³-hybridized carbons (Fsp3) is 0.429. The number of epoxide rings is 1. The van der Waals surface area contributed by atoms with Crippen LogP contribution < -0.4 is 4.90 Å². The average Bonchev–Trinajstić information content (AvgIpc) is 2.95. The van der Waals surface area contributed by atoms with E-state index in [0.29, 0.717) is 0 Å². The van der Waals surface area contributed by atoms with E-state index in [1.54, 1.807) is 0 Å². The number of fused-ring (bicyclic) bond motifs is 1. The largest absolute Gasteiger partial charge is 0.371 e. The van der Waals surface area contributed by atoms with Crippen LogP contribution in [0.2, 0.25) is 0 Å². The number of benzene rings is 1. The lowest BCUT2D eigenvalue weighted by Gasteiger charge is -2.32. The lowest BCUT2D eigenvalue weighted by molar-refractivity contribution is 0.259. The Balaban J connectivity index is 1.61. The zero-order valence-electron chi connectivity index (χ0n) is 9.69. The first kappa shape index (κ1) is 9.92. The Morgan fingerprint density at radius 1 is 1.18 bits per heavy atom. The van der Waals surface area contributed by atoms with E-state index in [2.05, 4.69) is 34.5 Å². The first-order valence-corrected chi connectivity index (χ1v) is 7.09. The smallest absolute Gasteiger partial charge is 0.0950 e. The Labute approximate surface area is 105 Å². The molecule has 3 heterocycles. The van der Waals surface area contributed by atoms with Crippen molar-refractivity contribution < 1.29 is 4.74 Å². The molecule has 1 aromatic carbocycles. The van der Waals surface area contributed by atoms with Crippen LogP contribution in [0.5, 0.6) is 0 Å². The van der Waals surface area contributed by atoms with Gasteiger partial charge >= 0.3 is 0 Å². The van der Waals surface area contributed by atoms with E-state index in [4.69, 9.17) is 4.74 Å². The van der Waals surface area contributed by atoms with Gasteiger partial charge < -0.3 is 9.64 Å². The standard InChI is InChI=1S/C14H15NOS/c1-2-13-11(3-8-17-13)9-12(1)15-6-4-14(5-7-15)10-16-14/h1-3,8-9H,4-7,10H2. The molecular formula is C14H15NOS. The molecule has 0 aliphatic carbocycles. The van der Waals surface area contributed by atoms with Gasteiger partial charge in [0.2, 0.25) is 0 Å². The van der Waals surface area contributed by atoms with Gasteiger partial charge in [-0.25, -0.2) is 0 Å². The van der Waals surface area contributed by atoms with Crippen LogP contribution in [0, 0.1) is 0 Å². The van der Waals surface area contributed by atoms with Gasteiger partial charge in [-0.2, -0.15) is 0 Å². The predicted octanol–water partition coefficient (Wildman–Crippen LogP) is 3.27. The van der Waals surface area contributed by atoms with E-state index < -0.39 is 0 Å². The maximum atomic E-state index is 5.55. The Bertz CT molecular complexity index is 548. The highest BCUT2D eigenvalue weighted by Crippen LogP contribution is 2.39. The molecule has 2 fully saturated rings. The van der Waals surface area contributed by atoms with E-state index >= 15 is 0 Å². The Morgan fingerprint density at radius 2 is 2.00 bits per heavy atom. The summed E-state index contributed by atoms with van der Waals surface area (Å²) in [7, 11) is 0. The summed E-state index contributed by atoms with van der Waals surface area (Å²) in [6.07, 6.45) is 2.38. The zero-order valence-corrected chi connectivity index (χ0v) is 10.5. The van der Waals surface area contributed by atoms with Crippen LogP contribution >= 0.6 is 11.3 Å². The number of anilines is 1. The molecule has 2 aliphatic rings. The normalized spacial score (nSPS) is 22.2. The molecule has 1 aromatic heterocycles. The molecule has 0 atom stereocenters. The number of rotatable bonds is 1. The molecule has 3 heteroatoms. The topological polar surface area (TPSA) is 15.8 Å². The fourth-order valence-corrected chi connectivity index (χ4v) is 3.48. The molecule has 88 valence electrons. The van der Waals surface area contributed by atoms with Gasteiger partial charge in [0, 0.05) is 23.5 Å². The molecule has 2 saturated heterocycles. The van der Waals surface area contributed by atoms with Crippen molar-refractivity contribution in [1.82, 2.24) is 0 Å². The summed E-state index contributed by atoms with van der Waals surface area (Å²) in [5, 5.41) is 3.54. The molecule has 0 unspecified atom stereocenters. The predicted molar refractivity (Wildman–Crippen MR) is 72.0 cm³/mol. The summed E-state index contributed by atoms with van der Waals surface area (Å²) in [5.74, 6) is 0. The number of ether oxygens (including phenoxy) is 1. The molecule has 0 amide bonds. The fourth-order valence-electron chi connectivity index (χ4n) is 2.71. The van der Waals surface area contributed by atoms with Gasteiger partial charge in [0.1, 0.15) is 0 Å². The number of hydrogen-bond donors (Lipinski definition) is 0. The molecule has 0 N–H and O–H groups in total. The van der Waals surface area contributed by atoms with Gasteiger partial charge in [0.05, 0.1) is 12.2 Å². The van der Waals surface area contributed by atoms with Crippen LogP contribution in [0.25, 0.3) is 10.1 Å². The Morgan fingerprint density at radius 3 is 2.76 bits per heavy atom. The van der Waals surface area contributed by atoms with Crippen LogP contribution in [0.15, 0.2) is 29.6 Å². The maximum absolute atomic E-state index is 5.55. The minimum Gasteiger partial charge on any atom is -0.371 e. The molecule has 1 spiro atoms. The highest BCUT2D eigenvalue weighted by atomic mass is 32.1. The van der Waals surface area contributed by atoms with E-state index in [9.17, 15) is 0 Å². The van der Waals surface area contributed by atoms with Crippen molar-refractivity contribution in [2.24, 2.45) is 0 Å². The maximum Gasteiger partial charge on any atom is 0.0950 e. The van der Waals surface area contributed by atoms with Crippen LogP contribution in [0.1, 0.15) is 12.8 Å². The minimum absolute atomic E-state index is 0.281. The highest BCUT2D eigenvalue weighted by Gasteiger charge is 2.46. The number of piperidine rings is 1. The molecule has 2 nitrogen and oxygen atoms in total. The molecule has 0 bridgehead atoms. The number of nitrogens with zero attached hydrogens (tertiary/aromatic N) is 1. The SMILES string of the molecule is c1cc2cc(N3CCC4(CC3)CO4)ccc2s1. The summed E-state index contributed by atoms with van der Waals surface area (Å²) < 4.78 is 6.94.